The van der Waals surface area contributed by atoms with E-state index in [0.29, 0.717) is 19.9 Å². The number of hydrogen-bond acceptors (Lipinski definition) is 4. The standard InChI is InChI=1S/C12H17NO3/c1-14-11-6-10-7-15-8-16-12(10)5-9(11)3-2-4-13/h5-6H,2-4,7-8,13H2,1H3. The number of nitrogens with two attached hydrogens (primary N) is 1. The summed E-state index contributed by atoms with van der Waals surface area (Å²) in [6, 6.07) is 4.02. The molecule has 0 bridgehead atoms. The van der Waals surface area contributed by atoms with Gasteiger partial charge in [-0.3, -0.25) is 0 Å². The molecule has 1 aromatic rings. The van der Waals surface area contributed by atoms with Crippen molar-refractivity contribution >= 4 is 0 Å². The van der Waals surface area contributed by atoms with Crippen molar-refractivity contribution < 1.29 is 14.2 Å². The molecule has 0 radical (unpaired) electrons. The summed E-state index contributed by atoms with van der Waals surface area (Å²) in [5.74, 6) is 1.79. The lowest BCUT2D eigenvalue weighted by molar-refractivity contribution is -0.0165. The van der Waals surface area contributed by atoms with Crippen LogP contribution in [0.4, 0.5) is 0 Å². The molecule has 0 amide bonds. The molecule has 2 rings (SSSR count). The molecular weight excluding hydrogens is 206 g/mol. The van der Waals surface area contributed by atoms with Crippen LogP contribution in [0.1, 0.15) is 17.5 Å². The molecule has 0 unspecified atom stereocenters. The number of benzene rings is 1. The minimum atomic E-state index is 0.329. The Morgan fingerprint density at radius 3 is 3.06 bits per heavy atom. The van der Waals surface area contributed by atoms with Gasteiger partial charge >= 0.3 is 0 Å². The molecule has 1 aliphatic heterocycles. The Labute approximate surface area is 95.3 Å². The van der Waals surface area contributed by atoms with Crippen molar-refractivity contribution in [3.8, 4) is 11.5 Å². The Hall–Kier alpha value is -1.26. The Balaban J connectivity index is 2.28. The minimum Gasteiger partial charge on any atom is -0.496 e. The van der Waals surface area contributed by atoms with E-state index in [1.165, 1.54) is 0 Å². The summed E-state index contributed by atoms with van der Waals surface area (Å²) < 4.78 is 16.0. The number of hydrogen-bond donors (Lipinski definition) is 1. The first-order valence-corrected chi connectivity index (χ1v) is 5.45. The van der Waals surface area contributed by atoms with Gasteiger partial charge in [0, 0.05) is 5.56 Å². The summed E-state index contributed by atoms with van der Waals surface area (Å²) in [4.78, 5) is 0. The van der Waals surface area contributed by atoms with Gasteiger partial charge in [0.1, 0.15) is 11.5 Å². The molecule has 1 heterocycles. The van der Waals surface area contributed by atoms with Crippen molar-refractivity contribution in [2.24, 2.45) is 5.73 Å². The van der Waals surface area contributed by atoms with Gasteiger partial charge < -0.3 is 19.9 Å². The SMILES string of the molecule is COc1cc2c(cc1CCCN)OCOC2. The van der Waals surface area contributed by atoms with Gasteiger partial charge in [-0.1, -0.05) is 0 Å². The van der Waals surface area contributed by atoms with Crippen molar-refractivity contribution in [1.29, 1.82) is 0 Å². The van der Waals surface area contributed by atoms with Gasteiger partial charge in [-0.2, -0.15) is 0 Å². The van der Waals surface area contributed by atoms with E-state index in [1.807, 2.05) is 12.1 Å². The second-order valence-electron chi connectivity index (χ2n) is 3.77. The summed E-state index contributed by atoms with van der Waals surface area (Å²) in [7, 11) is 1.68. The van der Waals surface area contributed by atoms with Crippen LogP contribution in [0.3, 0.4) is 0 Å². The van der Waals surface area contributed by atoms with Gasteiger partial charge in [-0.05, 0) is 37.1 Å². The maximum atomic E-state index is 5.51. The van der Waals surface area contributed by atoms with E-state index < -0.39 is 0 Å². The number of methoxy groups -OCH3 is 1. The number of fused-ring (bicyclic) bond motifs is 1. The van der Waals surface area contributed by atoms with Crippen LogP contribution in [0.5, 0.6) is 11.5 Å². The molecule has 0 atom stereocenters. The van der Waals surface area contributed by atoms with Crippen LogP contribution in [0.25, 0.3) is 0 Å². The molecule has 0 aromatic heterocycles. The molecule has 2 N–H and O–H groups in total. The molecule has 4 nitrogen and oxygen atoms in total. The molecule has 1 aromatic carbocycles. The van der Waals surface area contributed by atoms with Crippen molar-refractivity contribution in [3.05, 3.63) is 23.3 Å². The normalized spacial score (nSPS) is 14.1. The van der Waals surface area contributed by atoms with E-state index in [-0.39, 0.29) is 0 Å². The maximum Gasteiger partial charge on any atom is 0.189 e. The van der Waals surface area contributed by atoms with Gasteiger partial charge in [0.05, 0.1) is 13.7 Å². The molecule has 4 heteroatoms. The van der Waals surface area contributed by atoms with Crippen molar-refractivity contribution in [1.82, 2.24) is 0 Å². The van der Waals surface area contributed by atoms with Gasteiger partial charge in [0.25, 0.3) is 0 Å². The van der Waals surface area contributed by atoms with Crippen molar-refractivity contribution in [2.75, 3.05) is 20.4 Å². The lowest BCUT2D eigenvalue weighted by Crippen LogP contribution is -2.12. The summed E-state index contributed by atoms with van der Waals surface area (Å²) >= 11 is 0. The van der Waals surface area contributed by atoms with Crippen LogP contribution in [-0.4, -0.2) is 20.4 Å². The molecular formula is C12H17NO3. The summed E-state index contributed by atoms with van der Waals surface area (Å²) in [5.41, 5.74) is 7.70. The number of ether oxygens (including phenoxy) is 3. The van der Waals surface area contributed by atoms with E-state index in [4.69, 9.17) is 19.9 Å². The molecule has 1 aliphatic rings. The first kappa shape index (κ1) is 11.2. The summed E-state index contributed by atoms with van der Waals surface area (Å²) in [5, 5.41) is 0. The smallest absolute Gasteiger partial charge is 0.189 e. The first-order chi connectivity index (χ1) is 7.85. The Morgan fingerprint density at radius 1 is 1.44 bits per heavy atom. The van der Waals surface area contributed by atoms with Gasteiger partial charge in [0.15, 0.2) is 6.79 Å². The third-order valence-corrected chi connectivity index (χ3v) is 2.67. The van der Waals surface area contributed by atoms with Crippen molar-refractivity contribution in [2.45, 2.75) is 19.4 Å². The van der Waals surface area contributed by atoms with Gasteiger partial charge in [-0.15, -0.1) is 0 Å². The van der Waals surface area contributed by atoms with Crippen LogP contribution < -0.4 is 15.2 Å². The quantitative estimate of drug-likeness (QED) is 0.839. The van der Waals surface area contributed by atoms with E-state index in [1.54, 1.807) is 7.11 Å². The second kappa shape index (κ2) is 5.18. The lowest BCUT2D eigenvalue weighted by atomic mass is 10.0. The molecule has 0 saturated carbocycles. The first-order valence-electron chi connectivity index (χ1n) is 5.45. The predicted molar refractivity (Wildman–Crippen MR) is 60.7 cm³/mol. The fraction of sp³-hybridized carbons (Fsp3) is 0.500. The average Bonchev–Trinajstić information content (AvgIpc) is 2.35. The lowest BCUT2D eigenvalue weighted by Gasteiger charge is -2.20. The molecule has 88 valence electrons. The fourth-order valence-corrected chi connectivity index (χ4v) is 1.83. The minimum absolute atomic E-state index is 0.329. The number of rotatable bonds is 4. The predicted octanol–water partition coefficient (Wildman–Crippen LogP) is 1.45. The van der Waals surface area contributed by atoms with Gasteiger partial charge in [0.2, 0.25) is 0 Å². The van der Waals surface area contributed by atoms with Crippen molar-refractivity contribution in [3.63, 3.8) is 0 Å². The van der Waals surface area contributed by atoms with E-state index in [9.17, 15) is 0 Å². The van der Waals surface area contributed by atoms with Crippen LogP contribution >= 0.6 is 0 Å². The third-order valence-electron chi connectivity index (χ3n) is 2.67. The largest absolute Gasteiger partial charge is 0.496 e. The van der Waals surface area contributed by atoms with Crippen LogP contribution in [0.2, 0.25) is 0 Å². The number of aryl methyl sites for hydroxylation is 1. The zero-order valence-electron chi connectivity index (χ0n) is 9.49. The average molecular weight is 223 g/mol. The molecule has 0 aliphatic carbocycles. The highest BCUT2D eigenvalue weighted by Gasteiger charge is 2.14. The fourth-order valence-electron chi connectivity index (χ4n) is 1.83. The zero-order chi connectivity index (χ0) is 11.4. The summed E-state index contributed by atoms with van der Waals surface area (Å²) in [6.45, 7) is 1.60. The maximum absolute atomic E-state index is 5.51. The van der Waals surface area contributed by atoms with Crippen LogP contribution in [-0.2, 0) is 17.8 Å². The Bertz CT molecular complexity index is 366. The highest BCUT2D eigenvalue weighted by atomic mass is 16.7. The Kier molecular flexibility index (Phi) is 3.64. The molecule has 0 spiro atoms. The molecule has 0 fully saturated rings. The summed E-state index contributed by atoms with van der Waals surface area (Å²) in [6.07, 6.45) is 1.86. The molecule has 16 heavy (non-hydrogen) atoms. The third kappa shape index (κ3) is 2.28. The highest BCUT2D eigenvalue weighted by Crippen LogP contribution is 2.32. The highest BCUT2D eigenvalue weighted by molar-refractivity contribution is 5.46. The van der Waals surface area contributed by atoms with Crippen LogP contribution in [0, 0.1) is 0 Å². The van der Waals surface area contributed by atoms with E-state index in [2.05, 4.69) is 0 Å². The monoisotopic (exact) mass is 223 g/mol. The Morgan fingerprint density at radius 2 is 2.31 bits per heavy atom. The topological polar surface area (TPSA) is 53.7 Å². The molecule has 0 saturated heterocycles. The zero-order valence-corrected chi connectivity index (χ0v) is 9.49. The van der Waals surface area contributed by atoms with Gasteiger partial charge in [-0.25, -0.2) is 0 Å². The van der Waals surface area contributed by atoms with E-state index in [0.717, 1.165) is 35.5 Å². The van der Waals surface area contributed by atoms with Crippen LogP contribution in [0.15, 0.2) is 12.1 Å². The second-order valence-corrected chi connectivity index (χ2v) is 3.77. The van der Waals surface area contributed by atoms with E-state index >= 15 is 0 Å².